The molecule has 0 aliphatic rings. The van der Waals surface area contributed by atoms with E-state index in [-0.39, 0.29) is 0 Å². The van der Waals surface area contributed by atoms with Gasteiger partial charge in [-0.1, -0.05) is 29.3 Å². The highest BCUT2D eigenvalue weighted by atomic mass is 35.5. The van der Waals surface area contributed by atoms with Gasteiger partial charge in [0, 0.05) is 0 Å². The van der Waals surface area contributed by atoms with Crippen LogP contribution >= 0.6 is 23.2 Å². The highest BCUT2D eigenvalue weighted by molar-refractivity contribution is 6.43. The van der Waals surface area contributed by atoms with Crippen LogP contribution in [0.5, 0.6) is 5.75 Å². The van der Waals surface area contributed by atoms with Gasteiger partial charge in [-0.2, -0.15) is 0 Å². The summed E-state index contributed by atoms with van der Waals surface area (Å²) >= 11 is 11.4. The van der Waals surface area contributed by atoms with Crippen molar-refractivity contribution in [3.63, 3.8) is 0 Å². The van der Waals surface area contributed by atoms with Gasteiger partial charge in [-0.25, -0.2) is 0 Å². The Bertz CT molecular complexity index is 239. The molecule has 1 aromatic rings. The summed E-state index contributed by atoms with van der Waals surface area (Å²) < 4.78 is 4.91. The van der Waals surface area contributed by atoms with Gasteiger partial charge in [-0.05, 0) is 12.1 Å². The maximum absolute atomic E-state index is 5.74. The molecule has 0 atom stereocenters. The molecule has 0 N–H and O–H groups in total. The standard InChI is InChI=1S/C6H5BCl2O/c7-10-5-3-1-2-4(8)6(5)9/h1-3H,7H2. The van der Waals surface area contributed by atoms with Gasteiger partial charge in [0.2, 0.25) is 0 Å². The van der Waals surface area contributed by atoms with E-state index in [9.17, 15) is 0 Å². The average Bonchev–Trinajstić information content (AvgIpc) is 1.95. The summed E-state index contributed by atoms with van der Waals surface area (Å²) in [5.41, 5.74) is 0. The highest BCUT2D eigenvalue weighted by Crippen LogP contribution is 2.30. The van der Waals surface area contributed by atoms with Crippen molar-refractivity contribution in [1.82, 2.24) is 0 Å². The maximum atomic E-state index is 5.74. The Morgan fingerprint density at radius 2 is 2.00 bits per heavy atom. The summed E-state index contributed by atoms with van der Waals surface area (Å²) in [6, 6.07) is 5.26. The SMILES string of the molecule is BOc1cccc(Cl)c1Cl. The molecule has 10 heavy (non-hydrogen) atoms. The smallest absolute Gasteiger partial charge is 0.322 e. The molecular weight excluding hydrogens is 170 g/mol. The predicted octanol–water partition coefficient (Wildman–Crippen LogP) is 1.92. The fourth-order valence-corrected chi connectivity index (χ4v) is 1.01. The lowest BCUT2D eigenvalue weighted by atomic mass is 10.3. The van der Waals surface area contributed by atoms with Gasteiger partial charge in [-0.15, -0.1) is 0 Å². The Morgan fingerprint density at radius 3 is 2.50 bits per heavy atom. The first-order chi connectivity index (χ1) is 4.75. The molecule has 4 heteroatoms. The van der Waals surface area contributed by atoms with Crippen molar-refractivity contribution < 1.29 is 4.65 Å². The topological polar surface area (TPSA) is 9.23 Å². The van der Waals surface area contributed by atoms with Crippen molar-refractivity contribution in [2.24, 2.45) is 0 Å². The van der Waals surface area contributed by atoms with Crippen LogP contribution < -0.4 is 4.65 Å². The summed E-state index contributed by atoms with van der Waals surface area (Å²) in [6.07, 6.45) is 0. The lowest BCUT2D eigenvalue weighted by Crippen LogP contribution is -1.85. The number of hydrogen-bond acceptors (Lipinski definition) is 1. The van der Waals surface area contributed by atoms with Gasteiger partial charge in [0.05, 0.1) is 10.0 Å². The van der Waals surface area contributed by atoms with Gasteiger partial charge >= 0.3 is 8.05 Å². The number of benzene rings is 1. The zero-order valence-corrected chi connectivity index (χ0v) is 6.91. The van der Waals surface area contributed by atoms with Crippen molar-refractivity contribution in [3.8, 4) is 5.75 Å². The molecule has 0 heterocycles. The molecule has 0 radical (unpaired) electrons. The first-order valence-electron chi connectivity index (χ1n) is 2.73. The lowest BCUT2D eigenvalue weighted by molar-refractivity contribution is 0.616. The van der Waals surface area contributed by atoms with E-state index in [4.69, 9.17) is 27.9 Å². The van der Waals surface area contributed by atoms with Crippen molar-refractivity contribution in [2.45, 2.75) is 0 Å². The molecule has 0 saturated carbocycles. The molecule has 1 aromatic carbocycles. The molecule has 1 rings (SSSR count). The zero-order valence-electron chi connectivity index (χ0n) is 5.40. The Kier molecular flexibility index (Phi) is 2.47. The summed E-state index contributed by atoms with van der Waals surface area (Å²) in [4.78, 5) is 0. The van der Waals surface area contributed by atoms with Crippen LogP contribution in [0.3, 0.4) is 0 Å². The van der Waals surface area contributed by atoms with Gasteiger partial charge in [0.1, 0.15) is 5.75 Å². The maximum Gasteiger partial charge on any atom is 0.322 e. The second-order valence-electron chi connectivity index (χ2n) is 1.76. The minimum absolute atomic E-state index is 0.465. The highest BCUT2D eigenvalue weighted by Gasteiger charge is 2.01. The predicted molar refractivity (Wildman–Crippen MR) is 45.6 cm³/mol. The van der Waals surface area contributed by atoms with Crippen LogP contribution in [0.1, 0.15) is 0 Å². The molecule has 1 nitrogen and oxygen atoms in total. The summed E-state index contributed by atoms with van der Waals surface area (Å²) in [5, 5.41) is 0.979. The van der Waals surface area contributed by atoms with E-state index in [2.05, 4.69) is 0 Å². The number of hydrogen-bond donors (Lipinski definition) is 0. The minimum Gasteiger partial charge on any atom is -0.567 e. The molecule has 0 aliphatic carbocycles. The van der Waals surface area contributed by atoms with Crippen molar-refractivity contribution in [3.05, 3.63) is 28.2 Å². The third-order valence-electron chi connectivity index (χ3n) is 1.14. The summed E-state index contributed by atoms with van der Waals surface area (Å²) in [6.45, 7) is 0. The molecule has 0 aromatic heterocycles. The normalized spacial score (nSPS) is 9.40. The molecule has 0 spiro atoms. The third-order valence-corrected chi connectivity index (χ3v) is 1.94. The third kappa shape index (κ3) is 1.39. The first kappa shape index (κ1) is 7.77. The average molecular weight is 175 g/mol. The fourth-order valence-electron chi connectivity index (χ4n) is 0.642. The molecule has 0 amide bonds. The van der Waals surface area contributed by atoms with Crippen molar-refractivity contribution in [1.29, 1.82) is 0 Å². The second kappa shape index (κ2) is 3.17. The van der Waals surface area contributed by atoms with Crippen LogP contribution in [-0.4, -0.2) is 8.05 Å². The van der Waals surface area contributed by atoms with Crippen molar-refractivity contribution >= 4 is 31.3 Å². The van der Waals surface area contributed by atoms with Crippen LogP contribution in [0.25, 0.3) is 0 Å². The minimum atomic E-state index is 0.465. The monoisotopic (exact) mass is 174 g/mol. The lowest BCUT2D eigenvalue weighted by Gasteiger charge is -2.02. The van der Waals surface area contributed by atoms with E-state index in [0.29, 0.717) is 15.8 Å². The number of rotatable bonds is 1. The molecule has 0 bridgehead atoms. The van der Waals surface area contributed by atoms with Gasteiger partial charge in [-0.3, -0.25) is 0 Å². The molecule has 52 valence electrons. The molecule has 0 aliphatic heterocycles. The molecular formula is C6H5BCl2O. The molecule has 0 saturated heterocycles. The molecule has 0 fully saturated rings. The van der Waals surface area contributed by atoms with Crippen LogP contribution in [-0.2, 0) is 0 Å². The van der Waals surface area contributed by atoms with E-state index in [1.165, 1.54) is 0 Å². The Hall–Kier alpha value is -0.335. The fraction of sp³-hybridized carbons (Fsp3) is 0. The van der Waals surface area contributed by atoms with Gasteiger partial charge in [0.15, 0.2) is 0 Å². The van der Waals surface area contributed by atoms with E-state index >= 15 is 0 Å². The second-order valence-corrected chi connectivity index (χ2v) is 2.54. The van der Waals surface area contributed by atoms with Crippen LogP contribution in [0.2, 0.25) is 10.0 Å². The Morgan fingerprint density at radius 1 is 1.30 bits per heavy atom. The Labute approximate surface area is 70.3 Å². The van der Waals surface area contributed by atoms with Crippen LogP contribution in [0.15, 0.2) is 18.2 Å². The van der Waals surface area contributed by atoms with Gasteiger partial charge < -0.3 is 4.65 Å². The zero-order chi connectivity index (χ0) is 7.56. The quantitative estimate of drug-likeness (QED) is 0.592. The Balaban J connectivity index is 3.14. The van der Waals surface area contributed by atoms with Gasteiger partial charge in [0.25, 0.3) is 0 Å². The van der Waals surface area contributed by atoms with E-state index in [1.54, 1.807) is 26.2 Å². The first-order valence-corrected chi connectivity index (χ1v) is 3.49. The summed E-state index contributed by atoms with van der Waals surface area (Å²) in [5.74, 6) is 0.606. The largest absolute Gasteiger partial charge is 0.567 e. The number of halogens is 2. The van der Waals surface area contributed by atoms with Crippen LogP contribution in [0, 0.1) is 0 Å². The summed E-state index contributed by atoms with van der Waals surface area (Å²) in [7, 11) is 1.55. The van der Waals surface area contributed by atoms with Crippen molar-refractivity contribution in [2.75, 3.05) is 0 Å². The molecule has 0 unspecified atom stereocenters. The van der Waals surface area contributed by atoms with E-state index < -0.39 is 0 Å². The van der Waals surface area contributed by atoms with E-state index in [1.807, 2.05) is 0 Å². The van der Waals surface area contributed by atoms with E-state index in [0.717, 1.165) is 0 Å². The van der Waals surface area contributed by atoms with Crippen LogP contribution in [0.4, 0.5) is 0 Å².